The van der Waals surface area contributed by atoms with Crippen LogP contribution in [0.25, 0.3) is 22.4 Å². The van der Waals surface area contributed by atoms with E-state index in [-0.39, 0.29) is 5.56 Å². The van der Waals surface area contributed by atoms with Gasteiger partial charge in [0.25, 0.3) is 11.5 Å². The molecule has 6 heteroatoms. The number of rotatable bonds is 6. The highest BCUT2D eigenvalue weighted by Crippen LogP contribution is 2.32. The van der Waals surface area contributed by atoms with E-state index in [9.17, 15) is 9.59 Å². The van der Waals surface area contributed by atoms with E-state index in [0.717, 1.165) is 36.7 Å². The number of aryl methyl sites for hydroxylation is 1. The molecule has 6 nitrogen and oxygen atoms in total. The van der Waals surface area contributed by atoms with E-state index in [1.165, 1.54) is 23.1 Å². The molecule has 1 aliphatic heterocycles. The third-order valence-electron chi connectivity index (χ3n) is 7.08. The quantitative estimate of drug-likeness (QED) is 0.381. The average Bonchev–Trinajstić information content (AvgIpc) is 2.93. The topological polar surface area (TPSA) is 67.2 Å². The maximum atomic E-state index is 13.6. The van der Waals surface area contributed by atoms with Crippen LogP contribution in [0.2, 0.25) is 0 Å². The molecule has 188 valence electrons. The average molecular weight is 493 g/mol. The van der Waals surface area contributed by atoms with Gasteiger partial charge in [-0.1, -0.05) is 79.7 Å². The summed E-state index contributed by atoms with van der Waals surface area (Å²) in [5.41, 5.74) is 4.23. The Bertz CT molecular complexity index is 1420. The Labute approximate surface area is 217 Å². The van der Waals surface area contributed by atoms with Gasteiger partial charge in [0.2, 0.25) is 0 Å². The zero-order valence-corrected chi connectivity index (χ0v) is 21.4. The number of anilines is 1. The van der Waals surface area contributed by atoms with E-state index in [0.29, 0.717) is 16.9 Å². The molecule has 3 aromatic carbocycles. The van der Waals surface area contributed by atoms with Gasteiger partial charge in [0, 0.05) is 30.4 Å². The SMILES string of the molecule is CC1CCN(Cc2ccc(NC(=O)c3c(-c4ccccc4)c(-c4ccccc4)nn(C)c3=O)cc2)CC1. The molecule has 37 heavy (non-hydrogen) atoms. The minimum Gasteiger partial charge on any atom is -0.322 e. The highest BCUT2D eigenvalue weighted by molar-refractivity contribution is 6.10. The molecule has 0 atom stereocenters. The molecule has 0 spiro atoms. The first kappa shape index (κ1) is 24.7. The van der Waals surface area contributed by atoms with Gasteiger partial charge in [-0.05, 0) is 55.1 Å². The molecule has 4 aromatic rings. The number of amides is 1. The predicted molar refractivity (Wildman–Crippen MR) is 148 cm³/mol. The molecule has 1 aromatic heterocycles. The van der Waals surface area contributed by atoms with Crippen molar-refractivity contribution in [2.75, 3.05) is 18.4 Å². The van der Waals surface area contributed by atoms with E-state index in [4.69, 9.17) is 0 Å². The number of hydrogen-bond acceptors (Lipinski definition) is 4. The third-order valence-corrected chi connectivity index (χ3v) is 7.08. The van der Waals surface area contributed by atoms with Gasteiger partial charge in [-0.15, -0.1) is 0 Å². The van der Waals surface area contributed by atoms with Gasteiger partial charge in [0.05, 0.1) is 5.69 Å². The fourth-order valence-corrected chi connectivity index (χ4v) is 4.89. The number of aromatic nitrogens is 2. The van der Waals surface area contributed by atoms with E-state index in [1.807, 2.05) is 84.9 Å². The number of hydrogen-bond donors (Lipinski definition) is 1. The van der Waals surface area contributed by atoms with Crippen LogP contribution in [-0.2, 0) is 13.6 Å². The zero-order chi connectivity index (χ0) is 25.8. The summed E-state index contributed by atoms with van der Waals surface area (Å²) in [6, 6.07) is 27.0. The molecule has 0 aliphatic carbocycles. The molecule has 1 fully saturated rings. The van der Waals surface area contributed by atoms with Crippen molar-refractivity contribution >= 4 is 11.6 Å². The maximum Gasteiger partial charge on any atom is 0.280 e. The van der Waals surface area contributed by atoms with Crippen molar-refractivity contribution in [1.29, 1.82) is 0 Å². The van der Waals surface area contributed by atoms with Gasteiger partial charge in [-0.3, -0.25) is 14.5 Å². The first-order valence-electron chi connectivity index (χ1n) is 12.8. The predicted octanol–water partition coefficient (Wildman–Crippen LogP) is 5.60. The summed E-state index contributed by atoms with van der Waals surface area (Å²) in [4.78, 5) is 29.4. The number of nitrogens with zero attached hydrogens (tertiary/aromatic N) is 3. The van der Waals surface area contributed by atoms with Crippen molar-refractivity contribution in [2.45, 2.75) is 26.3 Å². The van der Waals surface area contributed by atoms with Crippen LogP contribution in [-0.4, -0.2) is 33.7 Å². The Morgan fingerprint density at radius 3 is 2.11 bits per heavy atom. The second-order valence-electron chi connectivity index (χ2n) is 9.87. The van der Waals surface area contributed by atoms with Crippen molar-refractivity contribution in [2.24, 2.45) is 13.0 Å². The lowest BCUT2D eigenvalue weighted by Gasteiger charge is -2.30. The summed E-state index contributed by atoms with van der Waals surface area (Å²) >= 11 is 0. The van der Waals surface area contributed by atoms with Crippen molar-refractivity contribution in [3.05, 3.63) is 106 Å². The lowest BCUT2D eigenvalue weighted by Crippen LogP contribution is -2.32. The zero-order valence-electron chi connectivity index (χ0n) is 21.4. The van der Waals surface area contributed by atoms with Crippen molar-refractivity contribution in [1.82, 2.24) is 14.7 Å². The first-order chi connectivity index (χ1) is 18.0. The normalized spacial score (nSPS) is 14.4. The molecule has 5 rings (SSSR count). The molecular formula is C31H32N4O2. The van der Waals surface area contributed by atoms with Crippen molar-refractivity contribution < 1.29 is 4.79 Å². The first-order valence-corrected chi connectivity index (χ1v) is 12.8. The smallest absolute Gasteiger partial charge is 0.280 e. The summed E-state index contributed by atoms with van der Waals surface area (Å²) in [6.45, 7) is 5.47. The lowest BCUT2D eigenvalue weighted by molar-refractivity contribution is 0.102. The van der Waals surface area contributed by atoms with Crippen LogP contribution in [0.1, 0.15) is 35.7 Å². The van der Waals surface area contributed by atoms with Gasteiger partial charge in [0.1, 0.15) is 5.56 Å². The summed E-state index contributed by atoms with van der Waals surface area (Å²) < 4.78 is 1.24. The molecule has 0 bridgehead atoms. The molecule has 1 aliphatic rings. The second kappa shape index (κ2) is 10.9. The number of likely N-dealkylation sites (tertiary alicyclic amines) is 1. The van der Waals surface area contributed by atoms with Crippen LogP contribution in [0.3, 0.4) is 0 Å². The molecule has 0 unspecified atom stereocenters. The standard InChI is InChI=1S/C31H32N4O2/c1-22-17-19-35(20-18-22)21-23-13-15-26(16-14-23)32-30(36)28-27(24-9-5-3-6-10-24)29(33-34(2)31(28)37)25-11-7-4-8-12-25/h3-16,22H,17-21H2,1-2H3,(H,32,36). The minimum absolute atomic E-state index is 0.0778. The Balaban J connectivity index is 1.46. The largest absolute Gasteiger partial charge is 0.322 e. The summed E-state index contributed by atoms with van der Waals surface area (Å²) in [7, 11) is 1.58. The molecule has 1 saturated heterocycles. The van der Waals surface area contributed by atoms with E-state index >= 15 is 0 Å². The number of piperidine rings is 1. The molecule has 1 N–H and O–H groups in total. The summed E-state index contributed by atoms with van der Waals surface area (Å²) in [6.07, 6.45) is 2.48. The highest BCUT2D eigenvalue weighted by atomic mass is 16.2. The van der Waals surface area contributed by atoms with Crippen LogP contribution < -0.4 is 10.9 Å². The van der Waals surface area contributed by atoms with E-state index in [2.05, 4.69) is 22.2 Å². The van der Waals surface area contributed by atoms with Gasteiger partial charge < -0.3 is 5.32 Å². The monoisotopic (exact) mass is 492 g/mol. The Kier molecular flexibility index (Phi) is 7.28. The second-order valence-corrected chi connectivity index (χ2v) is 9.87. The van der Waals surface area contributed by atoms with Crippen molar-refractivity contribution in [3.63, 3.8) is 0 Å². The molecule has 0 saturated carbocycles. The Morgan fingerprint density at radius 2 is 1.49 bits per heavy atom. The fourth-order valence-electron chi connectivity index (χ4n) is 4.89. The van der Waals surface area contributed by atoms with Crippen LogP contribution in [0, 0.1) is 5.92 Å². The summed E-state index contributed by atoms with van der Waals surface area (Å²) in [5.74, 6) is 0.356. The maximum absolute atomic E-state index is 13.6. The number of benzene rings is 3. The minimum atomic E-state index is -0.447. The van der Waals surface area contributed by atoms with Crippen molar-refractivity contribution in [3.8, 4) is 22.4 Å². The number of carbonyl (C=O) groups excluding carboxylic acids is 1. The van der Waals surface area contributed by atoms with Crippen LogP contribution in [0.15, 0.2) is 89.7 Å². The molecule has 0 radical (unpaired) electrons. The van der Waals surface area contributed by atoms with Gasteiger partial charge in [-0.25, -0.2) is 4.68 Å². The number of nitrogens with one attached hydrogen (secondary N) is 1. The Hall–Kier alpha value is -4.03. The van der Waals surface area contributed by atoms with E-state index < -0.39 is 11.5 Å². The lowest BCUT2D eigenvalue weighted by atomic mass is 9.95. The Morgan fingerprint density at radius 1 is 0.892 bits per heavy atom. The third kappa shape index (κ3) is 5.54. The highest BCUT2D eigenvalue weighted by Gasteiger charge is 2.24. The fraction of sp³-hybridized carbons (Fsp3) is 0.258. The molecule has 2 heterocycles. The molecular weight excluding hydrogens is 460 g/mol. The van der Waals surface area contributed by atoms with Crippen LogP contribution in [0.5, 0.6) is 0 Å². The van der Waals surface area contributed by atoms with Crippen LogP contribution >= 0.6 is 0 Å². The van der Waals surface area contributed by atoms with Gasteiger partial charge in [0.15, 0.2) is 0 Å². The van der Waals surface area contributed by atoms with Gasteiger partial charge in [-0.2, -0.15) is 5.10 Å². The van der Waals surface area contributed by atoms with Crippen LogP contribution in [0.4, 0.5) is 5.69 Å². The summed E-state index contributed by atoms with van der Waals surface area (Å²) in [5, 5.41) is 7.52. The number of carbonyl (C=O) groups is 1. The van der Waals surface area contributed by atoms with Gasteiger partial charge >= 0.3 is 0 Å². The molecule has 1 amide bonds. The van der Waals surface area contributed by atoms with E-state index in [1.54, 1.807) is 7.05 Å².